The summed E-state index contributed by atoms with van der Waals surface area (Å²) in [5.41, 5.74) is 0.697. The standard InChI is InChI=1S/C8H8N2O2S/c11-10(12)8-4-3-7(9-6-8)2-1-5-13/h1-4,6,13H,5H2. The third-order valence-corrected chi connectivity index (χ3v) is 1.59. The van der Waals surface area contributed by atoms with E-state index in [9.17, 15) is 10.1 Å². The highest BCUT2D eigenvalue weighted by Gasteiger charge is 2.02. The van der Waals surface area contributed by atoms with Crippen LogP contribution >= 0.6 is 12.6 Å². The molecule has 0 fully saturated rings. The molecule has 0 aromatic carbocycles. The van der Waals surface area contributed by atoms with Crippen LogP contribution in [0.5, 0.6) is 0 Å². The van der Waals surface area contributed by atoms with Crippen molar-refractivity contribution in [2.24, 2.45) is 0 Å². The molecule has 1 heterocycles. The first-order valence-corrected chi connectivity index (χ1v) is 4.25. The van der Waals surface area contributed by atoms with Crippen LogP contribution in [0.1, 0.15) is 5.69 Å². The molecule has 0 bridgehead atoms. The SMILES string of the molecule is O=[N+]([O-])c1ccc(C=CCS)nc1. The molecule has 68 valence electrons. The normalized spacial score (nSPS) is 10.5. The smallest absolute Gasteiger partial charge is 0.258 e. The molecule has 5 heteroatoms. The van der Waals surface area contributed by atoms with Crippen molar-refractivity contribution in [3.63, 3.8) is 0 Å². The Hall–Kier alpha value is -1.36. The van der Waals surface area contributed by atoms with E-state index in [4.69, 9.17) is 0 Å². The number of rotatable bonds is 3. The van der Waals surface area contributed by atoms with Crippen molar-refractivity contribution in [3.8, 4) is 0 Å². The van der Waals surface area contributed by atoms with Crippen molar-refractivity contribution in [2.45, 2.75) is 0 Å². The second-order valence-corrected chi connectivity index (χ2v) is 2.65. The maximum absolute atomic E-state index is 10.3. The number of hydrogen-bond acceptors (Lipinski definition) is 4. The molecule has 0 atom stereocenters. The Bertz CT molecular complexity index is 321. The van der Waals surface area contributed by atoms with Gasteiger partial charge in [-0.05, 0) is 12.1 Å². The Morgan fingerprint density at radius 1 is 1.62 bits per heavy atom. The zero-order valence-corrected chi connectivity index (χ0v) is 7.65. The van der Waals surface area contributed by atoms with Crippen molar-refractivity contribution in [2.75, 3.05) is 5.75 Å². The fourth-order valence-electron chi connectivity index (χ4n) is 0.778. The van der Waals surface area contributed by atoms with Gasteiger partial charge >= 0.3 is 0 Å². The van der Waals surface area contributed by atoms with Gasteiger partial charge in [0, 0.05) is 11.8 Å². The van der Waals surface area contributed by atoms with Gasteiger partial charge in [0.25, 0.3) is 5.69 Å². The first-order chi connectivity index (χ1) is 6.24. The van der Waals surface area contributed by atoms with Gasteiger partial charge < -0.3 is 0 Å². The minimum atomic E-state index is -0.473. The Labute approximate surface area is 80.9 Å². The van der Waals surface area contributed by atoms with Gasteiger partial charge in [0.1, 0.15) is 6.20 Å². The first-order valence-electron chi connectivity index (χ1n) is 3.62. The van der Waals surface area contributed by atoms with E-state index < -0.39 is 4.92 Å². The second kappa shape index (κ2) is 4.61. The van der Waals surface area contributed by atoms with Crippen LogP contribution in [0, 0.1) is 10.1 Å². The van der Waals surface area contributed by atoms with E-state index >= 15 is 0 Å². The molecule has 0 radical (unpaired) electrons. The quantitative estimate of drug-likeness (QED) is 0.456. The lowest BCUT2D eigenvalue weighted by atomic mass is 10.3. The van der Waals surface area contributed by atoms with E-state index in [1.54, 1.807) is 12.1 Å². The van der Waals surface area contributed by atoms with Crippen LogP contribution in [0.3, 0.4) is 0 Å². The topological polar surface area (TPSA) is 56.0 Å². The van der Waals surface area contributed by atoms with E-state index in [0.29, 0.717) is 11.4 Å². The molecule has 0 aliphatic heterocycles. The van der Waals surface area contributed by atoms with Crippen molar-refractivity contribution < 1.29 is 4.92 Å². The van der Waals surface area contributed by atoms with Crippen LogP contribution < -0.4 is 0 Å². The predicted molar refractivity (Wildman–Crippen MR) is 53.8 cm³/mol. The lowest BCUT2D eigenvalue weighted by Crippen LogP contribution is -1.89. The van der Waals surface area contributed by atoms with Gasteiger partial charge in [-0.3, -0.25) is 10.1 Å². The van der Waals surface area contributed by atoms with Gasteiger partial charge in [0.05, 0.1) is 10.6 Å². The van der Waals surface area contributed by atoms with Gasteiger partial charge in [-0.2, -0.15) is 12.6 Å². The molecule has 0 N–H and O–H groups in total. The maximum Gasteiger partial charge on any atom is 0.287 e. The molecule has 1 aromatic heterocycles. The number of aromatic nitrogens is 1. The number of hydrogen-bond donors (Lipinski definition) is 1. The van der Waals surface area contributed by atoms with E-state index in [2.05, 4.69) is 17.6 Å². The summed E-state index contributed by atoms with van der Waals surface area (Å²) < 4.78 is 0. The summed E-state index contributed by atoms with van der Waals surface area (Å²) in [5, 5.41) is 10.3. The highest BCUT2D eigenvalue weighted by molar-refractivity contribution is 7.80. The largest absolute Gasteiger partial charge is 0.287 e. The molecular weight excluding hydrogens is 188 g/mol. The monoisotopic (exact) mass is 196 g/mol. The maximum atomic E-state index is 10.3. The minimum Gasteiger partial charge on any atom is -0.258 e. The summed E-state index contributed by atoms with van der Waals surface area (Å²) in [6, 6.07) is 3.02. The summed E-state index contributed by atoms with van der Waals surface area (Å²) >= 11 is 3.98. The first kappa shape index (κ1) is 9.73. The van der Waals surface area contributed by atoms with Crippen LogP contribution in [0.25, 0.3) is 6.08 Å². The molecule has 13 heavy (non-hydrogen) atoms. The second-order valence-electron chi connectivity index (χ2n) is 2.28. The molecule has 0 saturated heterocycles. The molecule has 1 rings (SSSR count). The number of nitro groups is 1. The molecule has 4 nitrogen and oxygen atoms in total. The molecule has 0 unspecified atom stereocenters. The Kier molecular flexibility index (Phi) is 3.45. The minimum absolute atomic E-state index is 0.00280. The molecule has 0 spiro atoms. The molecule has 0 aliphatic rings. The average Bonchev–Trinajstić information content (AvgIpc) is 2.15. The Morgan fingerprint density at radius 2 is 2.38 bits per heavy atom. The van der Waals surface area contributed by atoms with Gasteiger partial charge in [-0.15, -0.1) is 0 Å². The predicted octanol–water partition coefficient (Wildman–Crippen LogP) is 1.93. The zero-order chi connectivity index (χ0) is 9.68. The van der Waals surface area contributed by atoms with Crippen LogP contribution in [0.15, 0.2) is 24.4 Å². The number of pyridine rings is 1. The lowest BCUT2D eigenvalue weighted by Gasteiger charge is -1.91. The van der Waals surface area contributed by atoms with Crippen LogP contribution in [0.2, 0.25) is 0 Å². The summed E-state index contributed by atoms with van der Waals surface area (Å²) in [5.74, 6) is 0.624. The van der Waals surface area contributed by atoms with E-state index in [1.807, 2.05) is 6.08 Å². The van der Waals surface area contributed by atoms with Crippen molar-refractivity contribution in [1.29, 1.82) is 0 Å². The number of thiol groups is 1. The molecule has 0 aliphatic carbocycles. The highest BCUT2D eigenvalue weighted by atomic mass is 32.1. The summed E-state index contributed by atoms with van der Waals surface area (Å²) in [4.78, 5) is 13.7. The van der Waals surface area contributed by atoms with Crippen LogP contribution in [-0.4, -0.2) is 15.7 Å². The Balaban J connectivity index is 2.81. The van der Waals surface area contributed by atoms with Gasteiger partial charge in [-0.1, -0.05) is 6.08 Å². The molecular formula is C8H8N2O2S. The van der Waals surface area contributed by atoms with E-state index in [-0.39, 0.29) is 5.69 Å². The van der Waals surface area contributed by atoms with Gasteiger partial charge in [0.15, 0.2) is 0 Å². The van der Waals surface area contributed by atoms with E-state index in [0.717, 1.165) is 0 Å². The van der Waals surface area contributed by atoms with Gasteiger partial charge in [0.2, 0.25) is 0 Å². The van der Waals surface area contributed by atoms with Crippen LogP contribution in [-0.2, 0) is 0 Å². The van der Waals surface area contributed by atoms with Crippen molar-refractivity contribution in [3.05, 3.63) is 40.2 Å². The van der Waals surface area contributed by atoms with Gasteiger partial charge in [-0.25, -0.2) is 4.98 Å². The fourth-order valence-corrected chi connectivity index (χ4v) is 0.883. The number of nitrogens with zero attached hydrogens (tertiary/aromatic N) is 2. The fraction of sp³-hybridized carbons (Fsp3) is 0.125. The zero-order valence-electron chi connectivity index (χ0n) is 6.75. The molecule has 1 aromatic rings. The highest BCUT2D eigenvalue weighted by Crippen LogP contribution is 2.09. The molecule has 0 saturated carbocycles. The third-order valence-electron chi connectivity index (χ3n) is 1.38. The summed E-state index contributed by atoms with van der Waals surface area (Å²) in [7, 11) is 0. The van der Waals surface area contributed by atoms with Crippen molar-refractivity contribution in [1.82, 2.24) is 4.98 Å². The average molecular weight is 196 g/mol. The summed E-state index contributed by atoms with van der Waals surface area (Å²) in [6.45, 7) is 0. The summed E-state index contributed by atoms with van der Waals surface area (Å²) in [6.07, 6.45) is 4.81. The van der Waals surface area contributed by atoms with E-state index in [1.165, 1.54) is 12.3 Å². The Morgan fingerprint density at radius 3 is 2.85 bits per heavy atom. The van der Waals surface area contributed by atoms with Crippen LogP contribution in [0.4, 0.5) is 5.69 Å². The molecule has 0 amide bonds. The van der Waals surface area contributed by atoms with Crippen molar-refractivity contribution >= 4 is 24.4 Å². The lowest BCUT2D eigenvalue weighted by molar-refractivity contribution is -0.385. The third kappa shape index (κ3) is 2.87.